The summed E-state index contributed by atoms with van der Waals surface area (Å²) in [4.78, 5) is 11.9. The van der Waals surface area contributed by atoms with Crippen molar-refractivity contribution in [2.24, 2.45) is 5.73 Å². The largest absolute Gasteiger partial charge is 0.493 e. The third-order valence-corrected chi connectivity index (χ3v) is 4.13. The highest BCUT2D eigenvalue weighted by atomic mass is 16.5. The highest BCUT2D eigenvalue weighted by Gasteiger charge is 2.31. The van der Waals surface area contributed by atoms with Gasteiger partial charge in [0, 0.05) is 6.42 Å². The number of primary amides is 1. The summed E-state index contributed by atoms with van der Waals surface area (Å²) in [5, 5.41) is 12.8. The van der Waals surface area contributed by atoms with E-state index < -0.39 is 17.5 Å². The van der Waals surface area contributed by atoms with E-state index in [4.69, 9.17) is 15.2 Å². The lowest BCUT2D eigenvalue weighted by Crippen LogP contribution is -2.48. The molecule has 1 unspecified atom stereocenters. The molecule has 0 saturated carbocycles. The van der Waals surface area contributed by atoms with E-state index in [1.54, 1.807) is 39.3 Å². The molecular weight excluding hydrogens is 330 g/mol. The van der Waals surface area contributed by atoms with Crippen molar-refractivity contribution in [3.63, 3.8) is 0 Å². The number of hydrogen-bond donors (Lipinski definition) is 2. The Morgan fingerprint density at radius 1 is 1.19 bits per heavy atom. The number of carbonyl (C=O) groups excluding carboxylic acids is 1. The van der Waals surface area contributed by atoms with Crippen molar-refractivity contribution in [1.82, 2.24) is 5.32 Å². The predicted molar refractivity (Wildman–Crippen MR) is 98.8 cm³/mol. The predicted octanol–water partition coefficient (Wildman–Crippen LogP) is 2.34. The van der Waals surface area contributed by atoms with Crippen molar-refractivity contribution < 1.29 is 14.3 Å². The topological polar surface area (TPSA) is 97.4 Å². The molecule has 3 N–H and O–H groups in total. The molecular formula is C20H23N3O3. The van der Waals surface area contributed by atoms with Crippen molar-refractivity contribution in [2.45, 2.75) is 24.9 Å². The van der Waals surface area contributed by atoms with Gasteiger partial charge in [-0.25, -0.2) is 0 Å². The maximum atomic E-state index is 11.9. The van der Waals surface area contributed by atoms with Crippen LogP contribution in [0.15, 0.2) is 48.5 Å². The molecule has 6 nitrogen and oxygen atoms in total. The van der Waals surface area contributed by atoms with Crippen LogP contribution in [0.5, 0.6) is 11.5 Å². The summed E-state index contributed by atoms with van der Waals surface area (Å²) in [6.07, 6.45) is 0.362. The molecule has 0 aliphatic rings. The number of nitriles is 1. The van der Waals surface area contributed by atoms with Crippen LogP contribution in [0, 0.1) is 11.3 Å². The molecule has 0 fully saturated rings. The normalized spacial score (nSPS) is 13.9. The zero-order valence-corrected chi connectivity index (χ0v) is 15.2. The molecule has 0 heterocycles. The molecule has 2 aromatic carbocycles. The number of ether oxygens (including phenoxy) is 2. The average Bonchev–Trinajstić information content (AvgIpc) is 2.66. The third kappa shape index (κ3) is 4.52. The van der Waals surface area contributed by atoms with Crippen molar-refractivity contribution in [1.29, 1.82) is 5.26 Å². The molecule has 2 atom stereocenters. The van der Waals surface area contributed by atoms with E-state index in [1.165, 1.54) is 0 Å². The number of nitrogens with one attached hydrogen (secondary N) is 1. The van der Waals surface area contributed by atoms with E-state index in [1.807, 2.05) is 30.3 Å². The molecule has 0 aliphatic heterocycles. The molecule has 2 rings (SSSR count). The minimum Gasteiger partial charge on any atom is -0.493 e. The van der Waals surface area contributed by atoms with E-state index in [0.717, 1.165) is 5.56 Å². The van der Waals surface area contributed by atoms with E-state index in [-0.39, 0.29) is 0 Å². The fourth-order valence-electron chi connectivity index (χ4n) is 2.80. The van der Waals surface area contributed by atoms with Gasteiger partial charge in [-0.3, -0.25) is 10.1 Å². The molecule has 26 heavy (non-hydrogen) atoms. The van der Waals surface area contributed by atoms with Crippen molar-refractivity contribution in [2.75, 3.05) is 14.2 Å². The van der Waals surface area contributed by atoms with Crippen LogP contribution in [0.3, 0.4) is 0 Å². The van der Waals surface area contributed by atoms with Gasteiger partial charge in [0.05, 0.1) is 20.3 Å². The number of nitrogens with two attached hydrogens (primary N) is 1. The van der Waals surface area contributed by atoms with E-state index in [9.17, 15) is 10.1 Å². The lowest BCUT2D eigenvalue weighted by molar-refractivity contribution is -0.120. The summed E-state index contributed by atoms with van der Waals surface area (Å²) < 4.78 is 10.5. The Hall–Kier alpha value is -3.04. The van der Waals surface area contributed by atoms with Crippen LogP contribution in [0.25, 0.3) is 0 Å². The van der Waals surface area contributed by atoms with E-state index in [0.29, 0.717) is 23.5 Å². The molecule has 0 bridgehead atoms. The lowest BCUT2D eigenvalue weighted by Gasteiger charge is -2.28. The summed E-state index contributed by atoms with van der Waals surface area (Å²) in [6.45, 7) is 1.74. The fraction of sp³-hybridized carbons (Fsp3) is 0.300. The number of carbonyl (C=O) groups is 1. The van der Waals surface area contributed by atoms with Crippen LogP contribution in [-0.4, -0.2) is 25.7 Å². The monoisotopic (exact) mass is 353 g/mol. The molecule has 136 valence electrons. The molecule has 2 aromatic rings. The summed E-state index contributed by atoms with van der Waals surface area (Å²) in [5.41, 5.74) is 6.14. The minimum atomic E-state index is -1.00. The first-order valence-electron chi connectivity index (χ1n) is 8.16. The quantitative estimate of drug-likeness (QED) is 0.759. The molecule has 1 amide bonds. The SMILES string of the molecule is COc1ccc(C[C@@](C)(C#N)NC(C(N)=O)c2ccccc2)cc1OC. The van der Waals surface area contributed by atoms with Gasteiger partial charge in [0.1, 0.15) is 11.6 Å². The lowest BCUT2D eigenvalue weighted by atomic mass is 9.91. The van der Waals surface area contributed by atoms with Gasteiger partial charge < -0.3 is 15.2 Å². The van der Waals surface area contributed by atoms with Crippen LogP contribution < -0.4 is 20.5 Å². The second-order valence-corrected chi connectivity index (χ2v) is 6.20. The van der Waals surface area contributed by atoms with Gasteiger partial charge in [0.15, 0.2) is 11.5 Å². The summed E-state index contributed by atoms with van der Waals surface area (Å²) in [5.74, 6) is 0.659. The Bertz CT molecular complexity index is 802. The van der Waals surface area contributed by atoms with Crippen molar-refractivity contribution in [3.05, 3.63) is 59.7 Å². The first-order valence-corrected chi connectivity index (χ1v) is 8.16. The summed E-state index contributed by atoms with van der Waals surface area (Å²) >= 11 is 0. The second kappa shape index (κ2) is 8.37. The Labute approximate surface area is 153 Å². The second-order valence-electron chi connectivity index (χ2n) is 6.20. The summed E-state index contributed by atoms with van der Waals surface area (Å²) in [7, 11) is 3.12. The van der Waals surface area contributed by atoms with Gasteiger partial charge in [-0.15, -0.1) is 0 Å². The number of nitrogens with zero attached hydrogens (tertiary/aromatic N) is 1. The number of benzene rings is 2. The smallest absolute Gasteiger partial charge is 0.239 e. The van der Waals surface area contributed by atoms with Gasteiger partial charge in [0.25, 0.3) is 0 Å². The number of amides is 1. The number of methoxy groups -OCH3 is 2. The van der Waals surface area contributed by atoms with Gasteiger partial charge in [-0.1, -0.05) is 36.4 Å². The Kier molecular flexibility index (Phi) is 6.21. The average molecular weight is 353 g/mol. The Morgan fingerprint density at radius 2 is 1.85 bits per heavy atom. The van der Waals surface area contributed by atoms with Crippen molar-refractivity contribution >= 4 is 5.91 Å². The highest BCUT2D eigenvalue weighted by Crippen LogP contribution is 2.29. The molecule has 0 spiro atoms. The van der Waals surface area contributed by atoms with Crippen LogP contribution >= 0.6 is 0 Å². The van der Waals surface area contributed by atoms with Crippen LogP contribution in [-0.2, 0) is 11.2 Å². The van der Waals surface area contributed by atoms with Gasteiger partial charge in [0.2, 0.25) is 5.91 Å². The number of hydrogen-bond acceptors (Lipinski definition) is 5. The zero-order chi connectivity index (χ0) is 19.2. The van der Waals surface area contributed by atoms with E-state index >= 15 is 0 Å². The summed E-state index contributed by atoms with van der Waals surface area (Å²) in [6, 6.07) is 16.1. The first kappa shape index (κ1) is 19.3. The molecule has 0 aliphatic carbocycles. The van der Waals surface area contributed by atoms with E-state index in [2.05, 4.69) is 11.4 Å². The van der Waals surface area contributed by atoms with Crippen LogP contribution in [0.1, 0.15) is 24.1 Å². The maximum absolute atomic E-state index is 11.9. The van der Waals surface area contributed by atoms with Crippen molar-refractivity contribution in [3.8, 4) is 17.6 Å². The molecule has 6 heteroatoms. The molecule has 0 aromatic heterocycles. The molecule has 0 radical (unpaired) electrons. The first-order chi connectivity index (χ1) is 12.4. The minimum absolute atomic E-state index is 0.362. The number of rotatable bonds is 8. The maximum Gasteiger partial charge on any atom is 0.239 e. The third-order valence-electron chi connectivity index (χ3n) is 4.13. The van der Waals surface area contributed by atoms with Crippen LogP contribution in [0.2, 0.25) is 0 Å². The standard InChI is InChI=1S/C20H23N3O3/c1-20(13-21,12-14-9-10-16(25-2)17(11-14)26-3)23-18(19(22)24)15-7-5-4-6-8-15/h4-11,18,23H,12H2,1-3H3,(H2,22,24)/t18?,20-/m0/s1. The Balaban J connectivity index is 2.27. The van der Waals surface area contributed by atoms with Crippen LogP contribution in [0.4, 0.5) is 0 Å². The Morgan fingerprint density at radius 3 is 2.38 bits per heavy atom. The molecule has 0 saturated heterocycles. The zero-order valence-electron chi connectivity index (χ0n) is 15.2. The van der Waals surface area contributed by atoms with Gasteiger partial charge >= 0.3 is 0 Å². The van der Waals surface area contributed by atoms with Gasteiger partial charge in [-0.05, 0) is 30.2 Å². The van der Waals surface area contributed by atoms with Gasteiger partial charge in [-0.2, -0.15) is 5.26 Å². The fourth-order valence-corrected chi connectivity index (χ4v) is 2.80. The highest BCUT2D eigenvalue weighted by molar-refractivity contribution is 5.81.